The van der Waals surface area contributed by atoms with E-state index >= 15 is 0 Å². The highest BCUT2D eigenvalue weighted by Crippen LogP contribution is 2.27. The smallest absolute Gasteiger partial charge is 0.0758 e. The van der Waals surface area contributed by atoms with Gasteiger partial charge in [0.05, 0.1) is 5.52 Å². The van der Waals surface area contributed by atoms with E-state index in [2.05, 4.69) is 49.3 Å². The summed E-state index contributed by atoms with van der Waals surface area (Å²) in [5.41, 5.74) is 2.46. The van der Waals surface area contributed by atoms with Crippen molar-refractivity contribution in [2.45, 2.75) is 19.4 Å². The third kappa shape index (κ3) is 3.99. The molecule has 0 aliphatic carbocycles. The van der Waals surface area contributed by atoms with Crippen molar-refractivity contribution in [1.29, 1.82) is 0 Å². The van der Waals surface area contributed by atoms with Gasteiger partial charge in [-0.05, 0) is 63.1 Å². The van der Waals surface area contributed by atoms with Crippen LogP contribution >= 0.6 is 28.3 Å². The van der Waals surface area contributed by atoms with Crippen molar-refractivity contribution in [3.63, 3.8) is 0 Å². The summed E-state index contributed by atoms with van der Waals surface area (Å²) >= 11 is 3.62. The van der Waals surface area contributed by atoms with E-state index in [9.17, 15) is 0 Å². The number of hydrogen-bond acceptors (Lipinski definition) is 3. The second kappa shape index (κ2) is 8.25. The maximum absolute atomic E-state index is 4.59. The molecule has 2 heterocycles. The number of halogens is 2. The van der Waals surface area contributed by atoms with Gasteiger partial charge in [0, 0.05) is 22.6 Å². The average Bonchev–Trinajstić information content (AvgIpc) is 2.52. The molecule has 0 radical (unpaired) electrons. The monoisotopic (exact) mass is 383 g/mol. The normalized spacial score (nSPS) is 16.6. The molecule has 0 saturated carbocycles. The summed E-state index contributed by atoms with van der Waals surface area (Å²) in [7, 11) is 2.05. The number of aromatic nitrogens is 1. The molecule has 3 nitrogen and oxygen atoms in total. The fourth-order valence-electron chi connectivity index (χ4n) is 3.20. The Bertz CT molecular complexity index is 612. The van der Waals surface area contributed by atoms with Crippen molar-refractivity contribution < 1.29 is 0 Å². The number of hydrogen-bond donors (Lipinski definition) is 1. The molecular weight excluding hydrogens is 362 g/mol. The zero-order chi connectivity index (χ0) is 14.7. The molecule has 0 atom stereocenters. The molecule has 0 bridgehead atoms. The summed E-state index contributed by atoms with van der Waals surface area (Å²) in [6.07, 6.45) is 4.48. The SMILES string of the molecule is CNCC1CCN(Cc2ccc(Br)c3cccnc23)CC1.Cl. The van der Waals surface area contributed by atoms with Crippen LogP contribution in [0.25, 0.3) is 10.9 Å². The maximum atomic E-state index is 4.59. The predicted octanol–water partition coefficient (Wildman–Crippen LogP) is 3.85. The number of likely N-dealkylation sites (tertiary alicyclic amines) is 1. The quantitative estimate of drug-likeness (QED) is 0.868. The topological polar surface area (TPSA) is 28.2 Å². The lowest BCUT2D eigenvalue weighted by molar-refractivity contribution is 0.177. The van der Waals surface area contributed by atoms with E-state index in [1.54, 1.807) is 0 Å². The summed E-state index contributed by atoms with van der Waals surface area (Å²) in [5, 5.41) is 4.51. The predicted molar refractivity (Wildman–Crippen MR) is 98.6 cm³/mol. The van der Waals surface area contributed by atoms with Crippen molar-refractivity contribution >= 4 is 39.2 Å². The van der Waals surface area contributed by atoms with Crippen LogP contribution in [0.2, 0.25) is 0 Å². The molecular formula is C17H23BrClN3. The molecule has 22 heavy (non-hydrogen) atoms. The Hall–Kier alpha value is -0.680. The minimum atomic E-state index is 0. The third-order valence-corrected chi connectivity index (χ3v) is 5.09. The molecule has 120 valence electrons. The second-order valence-corrected chi connectivity index (χ2v) is 6.74. The van der Waals surface area contributed by atoms with Crippen molar-refractivity contribution in [3.05, 3.63) is 40.5 Å². The summed E-state index contributed by atoms with van der Waals surface area (Å²) < 4.78 is 1.13. The first-order valence-corrected chi connectivity index (χ1v) is 8.46. The van der Waals surface area contributed by atoms with Crippen LogP contribution in [0.4, 0.5) is 0 Å². The molecule has 1 aliphatic rings. The molecule has 1 aromatic carbocycles. The van der Waals surface area contributed by atoms with E-state index in [0.29, 0.717) is 0 Å². The highest BCUT2D eigenvalue weighted by molar-refractivity contribution is 9.10. The molecule has 3 rings (SSSR count). The van der Waals surface area contributed by atoms with Crippen LogP contribution in [0.3, 0.4) is 0 Å². The van der Waals surface area contributed by atoms with E-state index < -0.39 is 0 Å². The van der Waals surface area contributed by atoms with E-state index in [4.69, 9.17) is 0 Å². The van der Waals surface area contributed by atoms with Crippen LogP contribution in [0.15, 0.2) is 34.9 Å². The standard InChI is InChI=1S/C17H22BrN3.ClH/c1-19-11-13-6-9-21(10-7-13)12-14-4-5-16(18)15-3-2-8-20-17(14)15;/h2-5,8,13,19H,6-7,9-12H2,1H3;1H. The van der Waals surface area contributed by atoms with Crippen LogP contribution in [-0.2, 0) is 6.54 Å². The molecule has 0 amide bonds. The molecule has 1 saturated heterocycles. The van der Waals surface area contributed by atoms with E-state index in [-0.39, 0.29) is 12.4 Å². The summed E-state index contributed by atoms with van der Waals surface area (Å²) in [6, 6.07) is 8.49. The van der Waals surface area contributed by atoms with E-state index in [1.807, 2.05) is 19.3 Å². The molecule has 1 aliphatic heterocycles. The minimum Gasteiger partial charge on any atom is -0.319 e. The zero-order valence-electron chi connectivity index (χ0n) is 12.9. The fraction of sp³-hybridized carbons (Fsp3) is 0.471. The van der Waals surface area contributed by atoms with Crippen molar-refractivity contribution in [2.24, 2.45) is 5.92 Å². The van der Waals surface area contributed by atoms with Gasteiger partial charge in [0.1, 0.15) is 0 Å². The number of nitrogens with zero attached hydrogens (tertiary/aromatic N) is 2. The van der Waals surface area contributed by atoms with Gasteiger partial charge in [0.2, 0.25) is 0 Å². The zero-order valence-corrected chi connectivity index (χ0v) is 15.3. The van der Waals surface area contributed by atoms with Crippen molar-refractivity contribution in [2.75, 3.05) is 26.7 Å². The first-order valence-electron chi connectivity index (χ1n) is 7.67. The molecule has 1 aromatic heterocycles. The molecule has 1 fully saturated rings. The van der Waals surface area contributed by atoms with Gasteiger partial charge in [-0.1, -0.05) is 28.1 Å². The van der Waals surface area contributed by atoms with Gasteiger partial charge >= 0.3 is 0 Å². The van der Waals surface area contributed by atoms with Gasteiger partial charge in [0.25, 0.3) is 0 Å². The average molecular weight is 385 g/mol. The summed E-state index contributed by atoms with van der Waals surface area (Å²) in [5.74, 6) is 0.839. The Morgan fingerprint density at radius 3 is 2.77 bits per heavy atom. The third-order valence-electron chi connectivity index (χ3n) is 4.39. The molecule has 0 unspecified atom stereocenters. The molecule has 5 heteroatoms. The molecule has 1 N–H and O–H groups in total. The highest BCUT2D eigenvalue weighted by atomic mass is 79.9. The largest absolute Gasteiger partial charge is 0.319 e. The first-order chi connectivity index (χ1) is 10.3. The Morgan fingerprint density at radius 1 is 1.27 bits per heavy atom. The van der Waals surface area contributed by atoms with Crippen LogP contribution in [-0.4, -0.2) is 36.6 Å². The van der Waals surface area contributed by atoms with Gasteiger partial charge in [-0.15, -0.1) is 12.4 Å². The highest BCUT2D eigenvalue weighted by Gasteiger charge is 2.19. The number of pyridine rings is 1. The van der Waals surface area contributed by atoms with E-state index in [1.165, 1.54) is 36.9 Å². The lowest BCUT2D eigenvalue weighted by Crippen LogP contribution is -2.36. The summed E-state index contributed by atoms with van der Waals surface area (Å²) in [4.78, 5) is 7.14. The van der Waals surface area contributed by atoms with Crippen LogP contribution < -0.4 is 5.32 Å². The van der Waals surface area contributed by atoms with Gasteiger partial charge in [-0.3, -0.25) is 9.88 Å². The lowest BCUT2D eigenvalue weighted by Gasteiger charge is -2.32. The summed E-state index contributed by atoms with van der Waals surface area (Å²) in [6.45, 7) is 4.54. The van der Waals surface area contributed by atoms with E-state index in [0.717, 1.165) is 29.0 Å². The van der Waals surface area contributed by atoms with Crippen molar-refractivity contribution in [3.8, 4) is 0 Å². The lowest BCUT2D eigenvalue weighted by atomic mass is 9.96. The van der Waals surface area contributed by atoms with Gasteiger partial charge in [-0.25, -0.2) is 0 Å². The molecule has 2 aromatic rings. The Morgan fingerprint density at radius 2 is 2.05 bits per heavy atom. The van der Waals surface area contributed by atoms with Crippen LogP contribution in [0.5, 0.6) is 0 Å². The number of fused-ring (bicyclic) bond motifs is 1. The van der Waals surface area contributed by atoms with Crippen LogP contribution in [0.1, 0.15) is 18.4 Å². The van der Waals surface area contributed by atoms with Gasteiger partial charge < -0.3 is 5.32 Å². The van der Waals surface area contributed by atoms with Gasteiger partial charge in [-0.2, -0.15) is 0 Å². The maximum Gasteiger partial charge on any atom is 0.0758 e. The number of benzene rings is 1. The Balaban J connectivity index is 0.00000176. The van der Waals surface area contributed by atoms with Gasteiger partial charge in [0.15, 0.2) is 0 Å². The minimum absolute atomic E-state index is 0. The fourth-order valence-corrected chi connectivity index (χ4v) is 3.65. The number of rotatable bonds is 4. The number of nitrogens with one attached hydrogen (secondary N) is 1. The Kier molecular flexibility index (Phi) is 6.63. The van der Waals surface area contributed by atoms with Crippen LogP contribution in [0, 0.1) is 5.92 Å². The second-order valence-electron chi connectivity index (χ2n) is 5.88. The van der Waals surface area contributed by atoms with Crippen molar-refractivity contribution in [1.82, 2.24) is 15.2 Å². The number of piperidine rings is 1. The Labute approximate surface area is 147 Å². The first kappa shape index (κ1) is 17.7. The molecule has 0 spiro atoms.